The van der Waals surface area contributed by atoms with Gasteiger partial charge in [-0.15, -0.1) is 0 Å². The van der Waals surface area contributed by atoms with Crippen LogP contribution < -0.4 is 0 Å². The number of carbonyl (C=O) groups excluding carboxylic acids is 2. The third-order valence-electron chi connectivity index (χ3n) is 5.74. The summed E-state index contributed by atoms with van der Waals surface area (Å²) in [4.78, 5) is 29.3. The quantitative estimate of drug-likeness (QED) is 0.652. The normalized spacial score (nSPS) is 16.1. The zero-order valence-electron chi connectivity index (χ0n) is 17.5. The van der Waals surface area contributed by atoms with E-state index in [2.05, 4.69) is 5.10 Å². The van der Waals surface area contributed by atoms with Gasteiger partial charge in [0.15, 0.2) is 5.76 Å². The maximum absolute atomic E-state index is 13.2. The molecule has 1 aliphatic rings. The van der Waals surface area contributed by atoms with Crippen LogP contribution in [0.5, 0.6) is 0 Å². The van der Waals surface area contributed by atoms with Crippen molar-refractivity contribution in [1.29, 1.82) is 0 Å². The number of furan rings is 1. The molecule has 1 unspecified atom stereocenters. The van der Waals surface area contributed by atoms with Gasteiger partial charge in [0.1, 0.15) is 6.04 Å². The number of rotatable bonds is 5. The molecule has 30 heavy (non-hydrogen) atoms. The molecule has 3 aromatic rings. The van der Waals surface area contributed by atoms with E-state index < -0.39 is 6.04 Å². The number of aromatic nitrogens is 2. The first-order valence-corrected chi connectivity index (χ1v) is 10.2. The zero-order valence-corrected chi connectivity index (χ0v) is 17.5. The van der Waals surface area contributed by atoms with Crippen LogP contribution in [0.15, 0.2) is 53.1 Å². The fourth-order valence-electron chi connectivity index (χ4n) is 4.10. The molecule has 1 aliphatic heterocycles. The lowest BCUT2D eigenvalue weighted by Crippen LogP contribution is -2.46. The topological polar surface area (TPSA) is 71.6 Å². The summed E-state index contributed by atoms with van der Waals surface area (Å²) in [7, 11) is 1.79. The Labute approximate surface area is 175 Å². The molecule has 1 aromatic carbocycles. The van der Waals surface area contributed by atoms with E-state index in [0.29, 0.717) is 19.5 Å². The summed E-state index contributed by atoms with van der Waals surface area (Å²) in [6.07, 6.45) is 2.94. The number of nitrogens with zero attached hydrogens (tertiary/aromatic N) is 4. The minimum absolute atomic E-state index is 0.0568. The Morgan fingerprint density at radius 1 is 1.17 bits per heavy atom. The van der Waals surface area contributed by atoms with Crippen LogP contribution in [0, 0.1) is 13.8 Å². The monoisotopic (exact) mass is 406 g/mol. The fourth-order valence-corrected chi connectivity index (χ4v) is 4.10. The van der Waals surface area contributed by atoms with Crippen molar-refractivity contribution in [3.63, 3.8) is 0 Å². The van der Waals surface area contributed by atoms with Crippen molar-refractivity contribution in [1.82, 2.24) is 19.6 Å². The molecular weight excluding hydrogens is 380 g/mol. The van der Waals surface area contributed by atoms with Crippen LogP contribution in [-0.4, -0.2) is 51.0 Å². The van der Waals surface area contributed by atoms with Gasteiger partial charge in [0.2, 0.25) is 5.91 Å². The molecule has 7 nitrogen and oxygen atoms in total. The van der Waals surface area contributed by atoms with Crippen LogP contribution in [0.25, 0.3) is 5.69 Å². The first-order valence-electron chi connectivity index (χ1n) is 10.2. The van der Waals surface area contributed by atoms with Crippen LogP contribution >= 0.6 is 0 Å². The molecule has 0 aliphatic carbocycles. The highest BCUT2D eigenvalue weighted by Crippen LogP contribution is 2.24. The van der Waals surface area contributed by atoms with Gasteiger partial charge in [-0.3, -0.25) is 9.59 Å². The van der Waals surface area contributed by atoms with Gasteiger partial charge in [-0.1, -0.05) is 18.2 Å². The summed E-state index contributed by atoms with van der Waals surface area (Å²) in [5.74, 6) is -0.0136. The van der Waals surface area contributed by atoms with Crippen molar-refractivity contribution >= 4 is 11.8 Å². The summed E-state index contributed by atoms with van der Waals surface area (Å²) in [5.41, 5.74) is 3.92. The molecule has 0 spiro atoms. The number of benzene rings is 1. The number of likely N-dealkylation sites (N-methyl/N-ethyl adjacent to an activating group) is 1. The number of para-hydroxylation sites is 1. The lowest BCUT2D eigenvalue weighted by atomic mass is 10.1. The van der Waals surface area contributed by atoms with Gasteiger partial charge < -0.3 is 14.2 Å². The van der Waals surface area contributed by atoms with Crippen LogP contribution in [0.4, 0.5) is 0 Å². The number of likely N-dealkylation sites (tertiary alicyclic amines) is 1. The Bertz CT molecular complexity index is 1040. The Morgan fingerprint density at radius 3 is 2.63 bits per heavy atom. The van der Waals surface area contributed by atoms with Crippen molar-refractivity contribution in [3.05, 3.63) is 71.4 Å². The second-order valence-electron chi connectivity index (χ2n) is 7.72. The van der Waals surface area contributed by atoms with Gasteiger partial charge in [0, 0.05) is 31.4 Å². The molecule has 0 bridgehead atoms. The lowest BCUT2D eigenvalue weighted by molar-refractivity contribution is -0.134. The zero-order chi connectivity index (χ0) is 21.3. The van der Waals surface area contributed by atoms with Crippen LogP contribution in [0.3, 0.4) is 0 Å². The van der Waals surface area contributed by atoms with E-state index in [-0.39, 0.29) is 17.6 Å². The fraction of sp³-hybridized carbons (Fsp3) is 0.348. The van der Waals surface area contributed by atoms with E-state index in [4.69, 9.17) is 4.42 Å². The maximum atomic E-state index is 13.2. The average molecular weight is 406 g/mol. The van der Waals surface area contributed by atoms with Crippen molar-refractivity contribution in [2.75, 3.05) is 13.6 Å². The largest absolute Gasteiger partial charge is 0.459 e. The lowest BCUT2D eigenvalue weighted by Gasteiger charge is -2.27. The molecule has 0 radical (unpaired) electrons. The Kier molecular flexibility index (Phi) is 5.44. The van der Waals surface area contributed by atoms with Gasteiger partial charge >= 0.3 is 0 Å². The standard InChI is InChI=1S/C23H26N4O3/c1-16-19(17(2)27(24-16)18-9-5-4-6-10-18)15-25(3)22(28)20-11-7-13-26(20)23(29)21-12-8-14-30-21/h4-6,8-10,12,14,20H,7,11,13,15H2,1-3H3. The van der Waals surface area contributed by atoms with E-state index in [1.807, 2.05) is 48.9 Å². The highest BCUT2D eigenvalue weighted by Gasteiger charge is 2.37. The maximum Gasteiger partial charge on any atom is 0.290 e. The Hall–Kier alpha value is -3.35. The van der Waals surface area contributed by atoms with E-state index in [1.54, 1.807) is 29.0 Å². The van der Waals surface area contributed by atoms with E-state index in [9.17, 15) is 9.59 Å². The minimum atomic E-state index is -0.461. The highest BCUT2D eigenvalue weighted by molar-refractivity contribution is 5.95. The van der Waals surface area contributed by atoms with Crippen molar-refractivity contribution in [2.45, 2.75) is 39.3 Å². The van der Waals surface area contributed by atoms with Gasteiger partial charge in [0.05, 0.1) is 17.6 Å². The number of hydrogen-bond donors (Lipinski definition) is 0. The molecule has 0 N–H and O–H groups in total. The molecular formula is C23H26N4O3. The summed E-state index contributed by atoms with van der Waals surface area (Å²) in [5, 5.41) is 4.67. The highest BCUT2D eigenvalue weighted by atomic mass is 16.3. The van der Waals surface area contributed by atoms with Crippen LogP contribution in [0.1, 0.15) is 40.3 Å². The van der Waals surface area contributed by atoms with Gasteiger partial charge in [0.25, 0.3) is 5.91 Å². The second-order valence-corrected chi connectivity index (χ2v) is 7.72. The molecule has 156 valence electrons. The van der Waals surface area contributed by atoms with Gasteiger partial charge in [-0.2, -0.15) is 5.10 Å². The summed E-state index contributed by atoms with van der Waals surface area (Å²) < 4.78 is 7.15. The summed E-state index contributed by atoms with van der Waals surface area (Å²) in [6.45, 7) is 4.99. The molecule has 2 amide bonds. The van der Waals surface area contributed by atoms with Crippen molar-refractivity contribution in [2.24, 2.45) is 0 Å². The van der Waals surface area contributed by atoms with E-state index in [1.165, 1.54) is 6.26 Å². The van der Waals surface area contributed by atoms with Gasteiger partial charge in [-0.05, 0) is 51.0 Å². The third kappa shape index (κ3) is 3.63. The molecule has 7 heteroatoms. The summed E-state index contributed by atoms with van der Waals surface area (Å²) >= 11 is 0. The minimum Gasteiger partial charge on any atom is -0.459 e. The number of hydrogen-bond acceptors (Lipinski definition) is 4. The molecule has 1 atom stereocenters. The van der Waals surface area contributed by atoms with Crippen molar-refractivity contribution in [3.8, 4) is 5.69 Å². The van der Waals surface area contributed by atoms with Crippen LogP contribution in [0.2, 0.25) is 0 Å². The first kappa shape index (κ1) is 19.9. The predicted molar refractivity (Wildman–Crippen MR) is 112 cm³/mol. The molecule has 3 heterocycles. The molecule has 4 rings (SSSR count). The Morgan fingerprint density at radius 2 is 1.93 bits per heavy atom. The number of aryl methyl sites for hydroxylation is 1. The molecule has 0 saturated carbocycles. The van der Waals surface area contributed by atoms with Crippen LogP contribution in [-0.2, 0) is 11.3 Å². The summed E-state index contributed by atoms with van der Waals surface area (Å²) in [6, 6.07) is 12.8. The van der Waals surface area contributed by atoms with Crippen molar-refractivity contribution < 1.29 is 14.0 Å². The third-order valence-corrected chi connectivity index (χ3v) is 5.74. The smallest absolute Gasteiger partial charge is 0.290 e. The molecule has 1 fully saturated rings. The van der Waals surface area contributed by atoms with E-state index >= 15 is 0 Å². The first-order chi connectivity index (χ1) is 14.5. The number of amides is 2. The molecule has 1 saturated heterocycles. The number of carbonyl (C=O) groups is 2. The predicted octanol–water partition coefficient (Wildman–Crippen LogP) is 3.35. The second kappa shape index (κ2) is 8.18. The van der Waals surface area contributed by atoms with Gasteiger partial charge in [-0.25, -0.2) is 4.68 Å². The SMILES string of the molecule is Cc1nn(-c2ccccc2)c(C)c1CN(C)C(=O)C1CCCN1C(=O)c1ccco1. The van der Waals surface area contributed by atoms with E-state index in [0.717, 1.165) is 29.1 Å². The Balaban J connectivity index is 1.51. The average Bonchev–Trinajstić information content (AvgIpc) is 3.51. The molecule has 2 aromatic heterocycles.